The van der Waals surface area contributed by atoms with Crippen molar-refractivity contribution in [1.82, 2.24) is 5.32 Å². The molecule has 0 saturated carbocycles. The Balaban J connectivity index is 1.65. The molecule has 0 bridgehead atoms. The number of nitrogens with one attached hydrogen (secondary N) is 1. The van der Waals surface area contributed by atoms with Gasteiger partial charge in [-0.15, -0.1) is 0 Å². The predicted molar refractivity (Wildman–Crippen MR) is 139 cm³/mol. The summed E-state index contributed by atoms with van der Waals surface area (Å²) in [4.78, 5) is 12.8. The van der Waals surface area contributed by atoms with E-state index in [1.54, 1.807) is 48.5 Å². The van der Waals surface area contributed by atoms with Crippen LogP contribution >= 0.6 is 15.9 Å². The Hall–Kier alpha value is -2.84. The van der Waals surface area contributed by atoms with Crippen molar-refractivity contribution in [2.75, 3.05) is 24.0 Å². The van der Waals surface area contributed by atoms with Crippen LogP contribution < -0.4 is 14.4 Å². The summed E-state index contributed by atoms with van der Waals surface area (Å²) in [5, 5.41) is 2.75. The Bertz CT molecular complexity index is 1200. The van der Waals surface area contributed by atoms with Gasteiger partial charge >= 0.3 is 0 Å². The minimum atomic E-state index is -3.94. The van der Waals surface area contributed by atoms with Crippen LogP contribution in [0, 0.1) is 6.92 Å². The fourth-order valence-electron chi connectivity index (χ4n) is 3.37. The Labute approximate surface area is 210 Å². The number of aryl methyl sites for hydroxylation is 2. The van der Waals surface area contributed by atoms with Crippen LogP contribution in [0.5, 0.6) is 5.75 Å². The largest absolute Gasteiger partial charge is 0.492 e. The first-order valence-electron chi connectivity index (χ1n) is 11.1. The lowest BCUT2D eigenvalue weighted by molar-refractivity contribution is -0.119. The fourth-order valence-corrected chi connectivity index (χ4v) is 5.17. The molecule has 0 aromatic heterocycles. The van der Waals surface area contributed by atoms with Crippen LogP contribution in [0.4, 0.5) is 5.69 Å². The molecule has 3 rings (SSSR count). The number of ether oxygens (including phenoxy) is 1. The van der Waals surface area contributed by atoms with Crippen molar-refractivity contribution in [3.05, 3.63) is 88.4 Å². The molecule has 8 heteroatoms. The first-order chi connectivity index (χ1) is 16.3. The van der Waals surface area contributed by atoms with Crippen LogP contribution in [0.15, 0.2) is 82.2 Å². The molecule has 0 aliphatic rings. The lowest BCUT2D eigenvalue weighted by atomic mass is 10.1. The van der Waals surface area contributed by atoms with Crippen LogP contribution in [0.25, 0.3) is 0 Å². The summed E-state index contributed by atoms with van der Waals surface area (Å²) in [6.45, 7) is 4.21. The number of rotatable bonds is 11. The number of hydrogen-bond donors (Lipinski definition) is 1. The second-order valence-electron chi connectivity index (χ2n) is 7.90. The third kappa shape index (κ3) is 7.08. The molecule has 34 heavy (non-hydrogen) atoms. The van der Waals surface area contributed by atoms with E-state index in [0.717, 1.165) is 28.5 Å². The highest BCUT2D eigenvalue weighted by Gasteiger charge is 2.27. The van der Waals surface area contributed by atoms with Crippen LogP contribution in [0.2, 0.25) is 0 Å². The Morgan fingerprint density at radius 3 is 2.38 bits per heavy atom. The molecule has 0 aliphatic carbocycles. The van der Waals surface area contributed by atoms with Gasteiger partial charge < -0.3 is 10.1 Å². The van der Waals surface area contributed by atoms with Gasteiger partial charge in [0.25, 0.3) is 10.0 Å². The molecule has 1 amide bonds. The van der Waals surface area contributed by atoms with Gasteiger partial charge in [-0.2, -0.15) is 0 Å². The highest BCUT2D eigenvalue weighted by molar-refractivity contribution is 9.10. The Kier molecular flexibility index (Phi) is 9.12. The number of hydrogen-bond acceptors (Lipinski definition) is 4. The lowest BCUT2D eigenvalue weighted by Crippen LogP contribution is -2.41. The summed E-state index contributed by atoms with van der Waals surface area (Å²) < 4.78 is 34.3. The maximum Gasteiger partial charge on any atom is 0.264 e. The van der Waals surface area contributed by atoms with Gasteiger partial charge in [0.2, 0.25) is 5.91 Å². The molecule has 1 N–H and O–H groups in total. The van der Waals surface area contributed by atoms with E-state index in [-0.39, 0.29) is 24.6 Å². The zero-order valence-corrected chi connectivity index (χ0v) is 21.7. The van der Waals surface area contributed by atoms with Gasteiger partial charge in [-0.05, 0) is 61.4 Å². The van der Waals surface area contributed by atoms with Crippen molar-refractivity contribution in [3.8, 4) is 5.75 Å². The van der Waals surface area contributed by atoms with Crippen LogP contribution in [0.3, 0.4) is 0 Å². The summed E-state index contributed by atoms with van der Waals surface area (Å²) >= 11 is 3.38. The number of benzene rings is 3. The SMILES string of the molecule is CCCc1ccc(OCCNC(=O)CN(c2cccc(Br)c2)S(=O)(=O)c2ccc(C)cc2)cc1. The number of nitrogens with zero attached hydrogens (tertiary/aromatic N) is 1. The van der Waals surface area contributed by atoms with E-state index >= 15 is 0 Å². The van der Waals surface area contributed by atoms with Crippen molar-refractivity contribution < 1.29 is 17.9 Å². The molecule has 3 aromatic carbocycles. The molecule has 0 saturated heterocycles. The van der Waals surface area contributed by atoms with Crippen LogP contribution in [-0.2, 0) is 21.2 Å². The molecule has 180 valence electrons. The second-order valence-corrected chi connectivity index (χ2v) is 10.7. The molecule has 0 radical (unpaired) electrons. The van der Waals surface area contributed by atoms with E-state index in [4.69, 9.17) is 4.74 Å². The first kappa shape index (κ1) is 25.8. The van der Waals surface area contributed by atoms with Crippen LogP contribution in [-0.4, -0.2) is 34.0 Å². The quantitative estimate of drug-likeness (QED) is 0.340. The smallest absolute Gasteiger partial charge is 0.264 e. The third-order valence-electron chi connectivity index (χ3n) is 5.15. The molecule has 0 atom stereocenters. The summed E-state index contributed by atoms with van der Waals surface area (Å²) in [5.74, 6) is 0.310. The highest BCUT2D eigenvalue weighted by Crippen LogP contribution is 2.26. The highest BCUT2D eigenvalue weighted by atomic mass is 79.9. The first-order valence-corrected chi connectivity index (χ1v) is 13.4. The van der Waals surface area contributed by atoms with Crippen molar-refractivity contribution in [1.29, 1.82) is 0 Å². The molecule has 3 aromatic rings. The Morgan fingerprint density at radius 1 is 1.03 bits per heavy atom. The molecular formula is C26H29BrN2O4S. The van der Waals surface area contributed by atoms with Gasteiger partial charge in [-0.25, -0.2) is 8.42 Å². The minimum absolute atomic E-state index is 0.126. The number of amides is 1. The average Bonchev–Trinajstić information content (AvgIpc) is 2.82. The van der Waals surface area contributed by atoms with E-state index in [0.29, 0.717) is 10.2 Å². The minimum Gasteiger partial charge on any atom is -0.492 e. The summed E-state index contributed by atoms with van der Waals surface area (Å²) in [6, 6.07) is 21.3. The zero-order valence-electron chi connectivity index (χ0n) is 19.3. The monoisotopic (exact) mass is 544 g/mol. The lowest BCUT2D eigenvalue weighted by Gasteiger charge is -2.24. The van der Waals surface area contributed by atoms with E-state index in [1.165, 1.54) is 5.56 Å². The van der Waals surface area contributed by atoms with Gasteiger partial charge in [0.15, 0.2) is 0 Å². The van der Waals surface area contributed by atoms with Crippen molar-refractivity contribution >= 4 is 37.5 Å². The van der Waals surface area contributed by atoms with Crippen molar-refractivity contribution in [2.45, 2.75) is 31.6 Å². The molecule has 0 fully saturated rings. The van der Waals surface area contributed by atoms with Gasteiger partial charge in [0, 0.05) is 4.47 Å². The normalized spacial score (nSPS) is 11.1. The molecule has 0 aliphatic heterocycles. The van der Waals surface area contributed by atoms with Gasteiger partial charge in [-0.1, -0.05) is 65.2 Å². The van der Waals surface area contributed by atoms with Crippen molar-refractivity contribution in [3.63, 3.8) is 0 Å². The molecule has 0 unspecified atom stereocenters. The topological polar surface area (TPSA) is 75.7 Å². The van der Waals surface area contributed by atoms with Gasteiger partial charge in [0.05, 0.1) is 17.1 Å². The summed E-state index contributed by atoms with van der Waals surface area (Å²) in [7, 11) is -3.94. The number of halogens is 1. The molecular weight excluding hydrogens is 516 g/mol. The van der Waals surface area contributed by atoms with E-state index in [2.05, 4.69) is 28.2 Å². The molecule has 6 nitrogen and oxygen atoms in total. The zero-order chi connectivity index (χ0) is 24.6. The summed E-state index contributed by atoms with van der Waals surface area (Å²) in [6.07, 6.45) is 2.11. The fraction of sp³-hybridized carbons (Fsp3) is 0.269. The van der Waals surface area contributed by atoms with Crippen LogP contribution in [0.1, 0.15) is 24.5 Å². The van der Waals surface area contributed by atoms with E-state index in [9.17, 15) is 13.2 Å². The summed E-state index contributed by atoms with van der Waals surface area (Å²) in [5.41, 5.74) is 2.60. The molecule has 0 spiro atoms. The number of anilines is 1. The predicted octanol–water partition coefficient (Wildman–Crippen LogP) is 5.10. The Morgan fingerprint density at radius 2 is 1.74 bits per heavy atom. The van der Waals surface area contributed by atoms with Gasteiger partial charge in [-0.3, -0.25) is 9.10 Å². The maximum atomic E-state index is 13.4. The van der Waals surface area contributed by atoms with E-state index in [1.807, 2.05) is 31.2 Å². The number of carbonyl (C=O) groups excluding carboxylic acids is 1. The molecule has 0 heterocycles. The number of sulfonamides is 1. The van der Waals surface area contributed by atoms with Gasteiger partial charge in [0.1, 0.15) is 18.9 Å². The van der Waals surface area contributed by atoms with E-state index < -0.39 is 15.9 Å². The van der Waals surface area contributed by atoms with Crippen molar-refractivity contribution in [2.24, 2.45) is 0 Å². The standard InChI is InChI=1S/C26H29BrN2O4S/c1-3-5-21-10-12-24(13-11-21)33-17-16-28-26(30)19-29(23-7-4-6-22(27)18-23)34(31,32)25-14-8-20(2)9-15-25/h4,6-15,18H,3,5,16-17,19H2,1-2H3,(H,28,30). The average molecular weight is 545 g/mol. The maximum absolute atomic E-state index is 13.4. The third-order valence-corrected chi connectivity index (χ3v) is 7.43. The number of carbonyl (C=O) groups is 1. The second kappa shape index (κ2) is 12.0.